The summed E-state index contributed by atoms with van der Waals surface area (Å²) >= 11 is 1.88. The van der Waals surface area contributed by atoms with Crippen molar-refractivity contribution in [1.82, 2.24) is 10.3 Å². The molecule has 1 saturated heterocycles. The van der Waals surface area contributed by atoms with Crippen LogP contribution in [0.2, 0.25) is 0 Å². The smallest absolute Gasteiger partial charge is 0.0960 e. The van der Waals surface area contributed by atoms with E-state index < -0.39 is 0 Å². The molecule has 15 heavy (non-hydrogen) atoms. The summed E-state index contributed by atoms with van der Waals surface area (Å²) in [5.41, 5.74) is 1.23. The molecule has 0 bridgehead atoms. The number of nitrogens with one attached hydrogen (secondary N) is 1. The lowest BCUT2D eigenvalue weighted by molar-refractivity contribution is 0.410. The number of rotatable bonds is 3. The van der Waals surface area contributed by atoms with Gasteiger partial charge in [0, 0.05) is 11.9 Å². The molecule has 2 rings (SSSR count). The Morgan fingerprint density at radius 3 is 3.13 bits per heavy atom. The molecule has 1 N–H and O–H groups in total. The van der Waals surface area contributed by atoms with Crippen LogP contribution in [0.4, 0.5) is 0 Å². The molecule has 82 valence electrons. The molecule has 0 spiro atoms. The first-order valence-electron chi connectivity index (χ1n) is 5.61. The summed E-state index contributed by atoms with van der Waals surface area (Å²) in [7, 11) is 0. The molecule has 0 saturated carbocycles. The molecule has 1 aliphatic rings. The maximum atomic E-state index is 4.41. The molecule has 0 unspecified atom stereocenters. The summed E-state index contributed by atoms with van der Waals surface area (Å²) in [5, 5.41) is 4.60. The second kappa shape index (κ2) is 5.52. The minimum absolute atomic E-state index is 0.826. The fraction of sp³-hybridized carbons (Fsp3) is 0.583. The quantitative estimate of drug-likeness (QED) is 0.795. The third-order valence-electron chi connectivity index (χ3n) is 2.75. The van der Waals surface area contributed by atoms with E-state index in [1.807, 2.05) is 18.0 Å². The summed E-state index contributed by atoms with van der Waals surface area (Å²) in [4.78, 5) is 4.41. The molecule has 1 fully saturated rings. The first kappa shape index (κ1) is 11.0. The highest BCUT2D eigenvalue weighted by Gasteiger charge is 2.12. The highest BCUT2D eigenvalue weighted by Crippen LogP contribution is 2.22. The Hall–Kier alpha value is -0.540. The lowest BCUT2D eigenvalue weighted by Crippen LogP contribution is -2.30. The second-order valence-corrected chi connectivity index (χ2v) is 5.24. The highest BCUT2D eigenvalue weighted by atomic mass is 32.2. The molecule has 1 aromatic rings. The van der Waals surface area contributed by atoms with Crippen LogP contribution in [0.15, 0.2) is 23.4 Å². The number of pyridine rings is 1. The monoisotopic (exact) mass is 222 g/mol. The van der Waals surface area contributed by atoms with Crippen LogP contribution >= 0.6 is 11.8 Å². The van der Waals surface area contributed by atoms with E-state index in [4.69, 9.17) is 0 Å². The molecule has 1 aromatic heterocycles. The average Bonchev–Trinajstić information content (AvgIpc) is 2.30. The van der Waals surface area contributed by atoms with Crippen LogP contribution in [0.3, 0.4) is 0 Å². The lowest BCUT2D eigenvalue weighted by Gasteiger charge is -2.21. The minimum atomic E-state index is 0.826. The largest absolute Gasteiger partial charge is 0.316 e. The van der Waals surface area contributed by atoms with Crippen LogP contribution in [0.5, 0.6) is 0 Å². The van der Waals surface area contributed by atoms with E-state index in [1.165, 1.54) is 37.2 Å². The van der Waals surface area contributed by atoms with Gasteiger partial charge in [-0.2, -0.15) is 0 Å². The highest BCUT2D eigenvalue weighted by molar-refractivity contribution is 7.99. The zero-order chi connectivity index (χ0) is 10.5. The molecule has 2 nitrogen and oxygen atoms in total. The van der Waals surface area contributed by atoms with E-state index >= 15 is 0 Å². The zero-order valence-electron chi connectivity index (χ0n) is 9.20. The van der Waals surface area contributed by atoms with Crippen molar-refractivity contribution in [2.75, 3.05) is 18.8 Å². The summed E-state index contributed by atoms with van der Waals surface area (Å²) in [6, 6.07) is 4.25. The van der Waals surface area contributed by atoms with E-state index in [-0.39, 0.29) is 0 Å². The molecule has 1 atom stereocenters. The molecule has 0 aromatic carbocycles. The van der Waals surface area contributed by atoms with Crippen molar-refractivity contribution in [3.63, 3.8) is 0 Å². The van der Waals surface area contributed by atoms with Crippen LogP contribution in [-0.4, -0.2) is 23.8 Å². The van der Waals surface area contributed by atoms with Gasteiger partial charge in [0.2, 0.25) is 0 Å². The number of hydrogen-bond donors (Lipinski definition) is 1. The van der Waals surface area contributed by atoms with Gasteiger partial charge in [0.1, 0.15) is 0 Å². The van der Waals surface area contributed by atoms with Crippen LogP contribution in [0, 0.1) is 12.8 Å². The van der Waals surface area contributed by atoms with Gasteiger partial charge in [-0.1, -0.05) is 6.07 Å². The standard InChI is InChI=1S/C12H18N2S/c1-10-4-5-12(14-7-10)15-9-11-3-2-6-13-8-11/h4-5,7,11,13H,2-3,6,8-9H2,1H3/t11-/m1/s1. The lowest BCUT2D eigenvalue weighted by atomic mass is 10.0. The molecule has 3 heteroatoms. The van der Waals surface area contributed by atoms with Crippen LogP contribution in [0.25, 0.3) is 0 Å². The molecule has 2 heterocycles. The van der Waals surface area contributed by atoms with Crippen LogP contribution in [-0.2, 0) is 0 Å². The van der Waals surface area contributed by atoms with Gasteiger partial charge in [-0.25, -0.2) is 4.98 Å². The van der Waals surface area contributed by atoms with Gasteiger partial charge in [-0.15, -0.1) is 11.8 Å². The summed E-state index contributed by atoms with van der Waals surface area (Å²) in [6.45, 7) is 4.45. The minimum Gasteiger partial charge on any atom is -0.316 e. The van der Waals surface area contributed by atoms with Crippen molar-refractivity contribution in [3.05, 3.63) is 23.9 Å². The van der Waals surface area contributed by atoms with Gasteiger partial charge in [0.05, 0.1) is 5.03 Å². The van der Waals surface area contributed by atoms with Gasteiger partial charge in [0.25, 0.3) is 0 Å². The second-order valence-electron chi connectivity index (χ2n) is 4.20. The van der Waals surface area contributed by atoms with E-state index in [0.717, 1.165) is 10.9 Å². The van der Waals surface area contributed by atoms with E-state index in [2.05, 4.69) is 29.4 Å². The third-order valence-corrected chi connectivity index (χ3v) is 3.93. The number of hydrogen-bond acceptors (Lipinski definition) is 3. The molecule has 0 radical (unpaired) electrons. The Morgan fingerprint density at radius 1 is 1.53 bits per heavy atom. The fourth-order valence-corrected chi connectivity index (χ4v) is 2.79. The topological polar surface area (TPSA) is 24.9 Å². The van der Waals surface area contributed by atoms with Gasteiger partial charge in [-0.05, 0) is 50.4 Å². The predicted molar refractivity (Wildman–Crippen MR) is 65.3 cm³/mol. The van der Waals surface area contributed by atoms with Crippen LogP contribution in [0.1, 0.15) is 18.4 Å². The van der Waals surface area contributed by atoms with Crippen molar-refractivity contribution in [2.24, 2.45) is 5.92 Å². The van der Waals surface area contributed by atoms with Gasteiger partial charge in [-0.3, -0.25) is 0 Å². The zero-order valence-corrected chi connectivity index (χ0v) is 10.0. The number of aromatic nitrogens is 1. The van der Waals surface area contributed by atoms with Crippen molar-refractivity contribution in [2.45, 2.75) is 24.8 Å². The summed E-state index contributed by atoms with van der Waals surface area (Å²) in [6.07, 6.45) is 4.64. The molecular weight excluding hydrogens is 204 g/mol. The number of aryl methyl sites for hydroxylation is 1. The van der Waals surface area contributed by atoms with Crippen LogP contribution < -0.4 is 5.32 Å². The Labute approximate surface area is 95.9 Å². The Balaban J connectivity index is 1.79. The first-order chi connectivity index (χ1) is 7.34. The van der Waals surface area contributed by atoms with Gasteiger partial charge in [0.15, 0.2) is 0 Å². The van der Waals surface area contributed by atoms with Gasteiger partial charge >= 0.3 is 0 Å². The van der Waals surface area contributed by atoms with Crippen molar-refractivity contribution >= 4 is 11.8 Å². The fourth-order valence-electron chi connectivity index (χ4n) is 1.81. The maximum Gasteiger partial charge on any atom is 0.0960 e. The Kier molecular flexibility index (Phi) is 4.03. The average molecular weight is 222 g/mol. The van der Waals surface area contributed by atoms with Crippen molar-refractivity contribution < 1.29 is 0 Å². The Bertz CT molecular complexity index is 291. The summed E-state index contributed by atoms with van der Waals surface area (Å²) < 4.78 is 0. The molecule has 0 amide bonds. The SMILES string of the molecule is Cc1ccc(SC[C@@H]2CCCNC2)nc1. The van der Waals surface area contributed by atoms with E-state index in [0.29, 0.717) is 0 Å². The number of nitrogens with zero attached hydrogens (tertiary/aromatic N) is 1. The first-order valence-corrected chi connectivity index (χ1v) is 6.59. The maximum absolute atomic E-state index is 4.41. The third kappa shape index (κ3) is 3.50. The number of thioether (sulfide) groups is 1. The normalized spacial score (nSPS) is 21.5. The Morgan fingerprint density at radius 2 is 2.47 bits per heavy atom. The van der Waals surface area contributed by atoms with Crippen molar-refractivity contribution in [1.29, 1.82) is 0 Å². The van der Waals surface area contributed by atoms with Crippen molar-refractivity contribution in [3.8, 4) is 0 Å². The molecule has 0 aliphatic carbocycles. The van der Waals surface area contributed by atoms with E-state index in [1.54, 1.807) is 0 Å². The predicted octanol–water partition coefficient (Wildman–Crippen LogP) is 2.48. The number of piperidine rings is 1. The van der Waals surface area contributed by atoms with E-state index in [9.17, 15) is 0 Å². The molecule has 1 aliphatic heterocycles. The molecular formula is C12H18N2S. The summed E-state index contributed by atoms with van der Waals surface area (Å²) in [5.74, 6) is 2.02. The van der Waals surface area contributed by atoms with Gasteiger partial charge < -0.3 is 5.32 Å².